The Kier molecular flexibility index (Phi) is 3.27. The van der Waals surface area contributed by atoms with Gasteiger partial charge in [-0.15, -0.1) is 0 Å². The van der Waals surface area contributed by atoms with Crippen molar-refractivity contribution in [3.05, 3.63) is 34.9 Å². The maximum Gasteiger partial charge on any atom is 0.254 e. The summed E-state index contributed by atoms with van der Waals surface area (Å²) in [5.74, 6) is 0.143. The summed E-state index contributed by atoms with van der Waals surface area (Å²) in [7, 11) is 0. The molecule has 1 saturated heterocycles. The lowest BCUT2D eigenvalue weighted by Crippen LogP contribution is -2.40. The average molecular weight is 231 g/mol. The van der Waals surface area contributed by atoms with E-state index < -0.39 is 0 Å². The number of hydrogen-bond donors (Lipinski definition) is 0. The Hall–Kier alpha value is -1.64. The van der Waals surface area contributed by atoms with E-state index in [1.165, 1.54) is 0 Å². The van der Waals surface area contributed by atoms with E-state index >= 15 is 0 Å². The van der Waals surface area contributed by atoms with Crippen LogP contribution in [0.3, 0.4) is 0 Å². The highest BCUT2D eigenvalue weighted by atomic mass is 16.2. The zero-order valence-electron chi connectivity index (χ0n) is 10.3. The molecule has 0 unspecified atom stereocenters. The molecule has 0 radical (unpaired) electrons. The fraction of sp³-hybridized carbons (Fsp3) is 0.429. The van der Waals surface area contributed by atoms with Gasteiger partial charge in [0.25, 0.3) is 5.91 Å². The molecule has 1 aromatic rings. The van der Waals surface area contributed by atoms with E-state index in [2.05, 4.69) is 0 Å². The number of likely N-dealkylation sites (tertiary alicyclic amines) is 1. The van der Waals surface area contributed by atoms with Crippen LogP contribution in [-0.4, -0.2) is 29.7 Å². The minimum Gasteiger partial charge on any atom is -0.331 e. The number of benzene rings is 1. The predicted molar refractivity (Wildman–Crippen MR) is 66.1 cm³/mol. The molecule has 0 N–H and O–H groups in total. The lowest BCUT2D eigenvalue weighted by Gasteiger charge is -2.26. The molecule has 1 aromatic carbocycles. The average Bonchev–Trinajstić information content (AvgIpc) is 2.28. The first-order valence-electron chi connectivity index (χ1n) is 5.96. The van der Waals surface area contributed by atoms with Gasteiger partial charge in [0.05, 0.1) is 6.54 Å². The Morgan fingerprint density at radius 1 is 1.29 bits per heavy atom. The Balaban J connectivity index is 2.21. The Labute approximate surface area is 101 Å². The van der Waals surface area contributed by atoms with E-state index in [0.29, 0.717) is 18.5 Å². The van der Waals surface area contributed by atoms with E-state index in [0.717, 1.165) is 17.5 Å². The second-order valence-corrected chi connectivity index (χ2v) is 4.69. The number of hydrogen-bond acceptors (Lipinski definition) is 2. The summed E-state index contributed by atoms with van der Waals surface area (Å²) in [5.41, 5.74) is 2.84. The van der Waals surface area contributed by atoms with E-state index in [-0.39, 0.29) is 18.2 Å². The monoisotopic (exact) mass is 231 g/mol. The highest BCUT2D eigenvalue weighted by Gasteiger charge is 2.23. The molecule has 1 amide bonds. The van der Waals surface area contributed by atoms with E-state index in [1.807, 2.05) is 32.0 Å². The summed E-state index contributed by atoms with van der Waals surface area (Å²) in [5, 5.41) is 0. The predicted octanol–water partition coefficient (Wildman–Crippen LogP) is 2.11. The van der Waals surface area contributed by atoms with Crippen molar-refractivity contribution in [3.63, 3.8) is 0 Å². The van der Waals surface area contributed by atoms with Gasteiger partial charge in [0, 0.05) is 18.5 Å². The second-order valence-electron chi connectivity index (χ2n) is 4.69. The Morgan fingerprint density at radius 3 is 2.71 bits per heavy atom. The molecule has 0 spiro atoms. The second kappa shape index (κ2) is 4.70. The van der Waals surface area contributed by atoms with Crippen molar-refractivity contribution in [2.24, 2.45) is 0 Å². The molecular formula is C14H17NO2. The third-order valence-electron chi connectivity index (χ3n) is 3.15. The van der Waals surface area contributed by atoms with Crippen molar-refractivity contribution in [2.75, 3.05) is 13.1 Å². The van der Waals surface area contributed by atoms with Crippen LogP contribution in [0.15, 0.2) is 18.2 Å². The fourth-order valence-electron chi connectivity index (χ4n) is 2.24. The van der Waals surface area contributed by atoms with Crippen LogP contribution in [0.2, 0.25) is 0 Å². The molecular weight excluding hydrogens is 214 g/mol. The third kappa shape index (κ3) is 2.54. The van der Waals surface area contributed by atoms with Crippen molar-refractivity contribution < 1.29 is 9.59 Å². The zero-order valence-corrected chi connectivity index (χ0v) is 10.3. The lowest BCUT2D eigenvalue weighted by atomic mass is 10.0. The van der Waals surface area contributed by atoms with Gasteiger partial charge < -0.3 is 4.90 Å². The standard InChI is InChI=1S/C14H17NO2/c1-10-5-6-13(11(2)8-10)14(17)15-7-3-4-12(16)9-15/h5-6,8H,3-4,7,9H2,1-2H3. The summed E-state index contributed by atoms with van der Waals surface area (Å²) >= 11 is 0. The van der Waals surface area contributed by atoms with Gasteiger partial charge in [-0.2, -0.15) is 0 Å². The van der Waals surface area contributed by atoms with Gasteiger partial charge in [0.1, 0.15) is 0 Å². The van der Waals surface area contributed by atoms with Gasteiger partial charge >= 0.3 is 0 Å². The zero-order chi connectivity index (χ0) is 12.4. The number of nitrogens with zero attached hydrogens (tertiary/aromatic N) is 1. The molecule has 0 atom stereocenters. The number of carbonyl (C=O) groups is 2. The van der Waals surface area contributed by atoms with Gasteiger partial charge in [0.15, 0.2) is 5.78 Å². The first kappa shape index (κ1) is 11.8. The van der Waals surface area contributed by atoms with Gasteiger partial charge in [-0.25, -0.2) is 0 Å². The summed E-state index contributed by atoms with van der Waals surface area (Å²) < 4.78 is 0. The van der Waals surface area contributed by atoms with Crippen molar-refractivity contribution >= 4 is 11.7 Å². The molecule has 0 aromatic heterocycles. The number of carbonyl (C=O) groups excluding carboxylic acids is 2. The van der Waals surface area contributed by atoms with Crippen molar-refractivity contribution in [2.45, 2.75) is 26.7 Å². The molecule has 1 heterocycles. The number of amides is 1. The highest BCUT2D eigenvalue weighted by molar-refractivity contribution is 5.98. The minimum atomic E-state index is -0.0180. The van der Waals surface area contributed by atoms with Crippen LogP contribution in [0, 0.1) is 13.8 Å². The summed E-state index contributed by atoms with van der Waals surface area (Å²) in [4.78, 5) is 25.3. The smallest absolute Gasteiger partial charge is 0.254 e. The van der Waals surface area contributed by atoms with Crippen LogP contribution in [-0.2, 0) is 4.79 Å². The lowest BCUT2D eigenvalue weighted by molar-refractivity contribution is -0.121. The van der Waals surface area contributed by atoms with Gasteiger partial charge in [-0.1, -0.05) is 17.7 Å². The molecule has 1 aliphatic heterocycles. The van der Waals surface area contributed by atoms with Crippen molar-refractivity contribution in [1.82, 2.24) is 4.90 Å². The molecule has 3 nitrogen and oxygen atoms in total. The van der Waals surface area contributed by atoms with Gasteiger partial charge in [0.2, 0.25) is 0 Å². The van der Waals surface area contributed by atoms with Crippen LogP contribution >= 0.6 is 0 Å². The quantitative estimate of drug-likeness (QED) is 0.742. The maximum atomic E-state index is 12.3. The number of aryl methyl sites for hydroxylation is 2. The normalized spacial score (nSPS) is 16.1. The number of rotatable bonds is 1. The molecule has 1 aliphatic rings. The largest absolute Gasteiger partial charge is 0.331 e. The molecule has 3 heteroatoms. The molecule has 0 bridgehead atoms. The number of Topliss-reactive ketones (excluding diaryl/α,β-unsaturated/α-hetero) is 1. The first-order valence-corrected chi connectivity index (χ1v) is 5.96. The molecule has 0 aliphatic carbocycles. The molecule has 17 heavy (non-hydrogen) atoms. The van der Waals surface area contributed by atoms with Crippen LogP contribution in [0.5, 0.6) is 0 Å². The van der Waals surface area contributed by atoms with Crippen LogP contribution in [0.1, 0.15) is 34.3 Å². The SMILES string of the molecule is Cc1ccc(C(=O)N2CCCC(=O)C2)c(C)c1. The van der Waals surface area contributed by atoms with Gasteiger partial charge in [-0.3, -0.25) is 9.59 Å². The molecule has 0 saturated carbocycles. The summed E-state index contributed by atoms with van der Waals surface area (Å²) in [6.45, 7) is 4.90. The van der Waals surface area contributed by atoms with Crippen LogP contribution in [0.4, 0.5) is 0 Å². The van der Waals surface area contributed by atoms with E-state index in [4.69, 9.17) is 0 Å². The number of ketones is 1. The molecule has 90 valence electrons. The summed E-state index contributed by atoms with van der Waals surface area (Å²) in [6.07, 6.45) is 1.39. The van der Waals surface area contributed by atoms with Crippen LogP contribution < -0.4 is 0 Å². The third-order valence-corrected chi connectivity index (χ3v) is 3.15. The highest BCUT2D eigenvalue weighted by Crippen LogP contribution is 2.15. The summed E-state index contributed by atoms with van der Waals surface area (Å²) in [6, 6.07) is 5.79. The van der Waals surface area contributed by atoms with Crippen LogP contribution in [0.25, 0.3) is 0 Å². The van der Waals surface area contributed by atoms with Gasteiger partial charge in [-0.05, 0) is 31.9 Å². The maximum absolute atomic E-state index is 12.3. The Bertz CT molecular complexity index is 465. The minimum absolute atomic E-state index is 0.0180. The first-order chi connectivity index (χ1) is 8.08. The molecule has 2 rings (SSSR count). The van der Waals surface area contributed by atoms with E-state index in [9.17, 15) is 9.59 Å². The number of piperidine rings is 1. The Morgan fingerprint density at radius 2 is 2.06 bits per heavy atom. The fourth-order valence-corrected chi connectivity index (χ4v) is 2.24. The molecule has 1 fully saturated rings. The topological polar surface area (TPSA) is 37.4 Å². The van der Waals surface area contributed by atoms with Crippen molar-refractivity contribution in [3.8, 4) is 0 Å². The van der Waals surface area contributed by atoms with E-state index in [1.54, 1.807) is 4.90 Å². The van der Waals surface area contributed by atoms with Crippen molar-refractivity contribution in [1.29, 1.82) is 0 Å².